The maximum absolute atomic E-state index is 13.5. The molecule has 0 radical (unpaired) electrons. The Bertz CT molecular complexity index is 1330. The van der Waals surface area contributed by atoms with Crippen LogP contribution in [0.3, 0.4) is 0 Å². The van der Waals surface area contributed by atoms with Gasteiger partial charge in [-0.15, -0.1) is 0 Å². The van der Waals surface area contributed by atoms with Gasteiger partial charge in [-0.1, -0.05) is 55.5 Å². The van der Waals surface area contributed by atoms with Gasteiger partial charge in [0.1, 0.15) is 0 Å². The van der Waals surface area contributed by atoms with Crippen LogP contribution in [-0.2, 0) is 27.4 Å². The van der Waals surface area contributed by atoms with Gasteiger partial charge in [0.25, 0.3) is 0 Å². The molecule has 2 aromatic rings. The second-order valence-corrected chi connectivity index (χ2v) is 9.80. The van der Waals surface area contributed by atoms with Gasteiger partial charge in [-0.25, -0.2) is 14.2 Å². The summed E-state index contributed by atoms with van der Waals surface area (Å²) in [7, 11) is 1.27. The number of carbonyl (C=O) groups excluding carboxylic acids is 1. The van der Waals surface area contributed by atoms with Crippen molar-refractivity contribution in [3.05, 3.63) is 92.4 Å². The van der Waals surface area contributed by atoms with Crippen LogP contribution in [0.15, 0.2) is 69.9 Å². The van der Waals surface area contributed by atoms with E-state index in [2.05, 4.69) is 16.9 Å². The third-order valence-electron chi connectivity index (χ3n) is 6.28. The summed E-state index contributed by atoms with van der Waals surface area (Å²) in [6, 6.07) is 7.74. The Hall–Kier alpha value is -3.72. The molecule has 0 aliphatic heterocycles. The van der Waals surface area contributed by atoms with Crippen molar-refractivity contribution in [3.63, 3.8) is 0 Å². The summed E-state index contributed by atoms with van der Waals surface area (Å²) in [6.45, 7) is 13.5. The van der Waals surface area contributed by atoms with E-state index in [1.54, 1.807) is 13.0 Å². The van der Waals surface area contributed by atoms with Gasteiger partial charge < -0.3 is 14.8 Å². The molecule has 1 aliphatic carbocycles. The van der Waals surface area contributed by atoms with E-state index in [0.717, 1.165) is 21.3 Å². The van der Waals surface area contributed by atoms with E-state index in [1.807, 2.05) is 64.1 Å². The molecule has 3 rings (SSSR count). The molecule has 37 heavy (non-hydrogen) atoms. The van der Waals surface area contributed by atoms with E-state index in [9.17, 15) is 14.4 Å². The number of hydrogen-bond acceptors (Lipinski definition) is 7. The Kier molecular flexibility index (Phi) is 8.70. The van der Waals surface area contributed by atoms with E-state index < -0.39 is 28.9 Å². The van der Waals surface area contributed by atoms with Gasteiger partial charge in [0.2, 0.25) is 5.95 Å². The van der Waals surface area contributed by atoms with Crippen LogP contribution in [-0.4, -0.2) is 38.9 Å². The highest BCUT2D eigenvalue weighted by Crippen LogP contribution is 2.33. The third kappa shape index (κ3) is 6.54. The van der Waals surface area contributed by atoms with E-state index in [4.69, 9.17) is 9.47 Å². The van der Waals surface area contributed by atoms with Crippen LogP contribution in [0.5, 0.6) is 0 Å². The van der Waals surface area contributed by atoms with Crippen LogP contribution in [0, 0.1) is 12.8 Å². The first kappa shape index (κ1) is 27.9. The zero-order chi connectivity index (χ0) is 27.3. The molecule has 1 aliphatic rings. The highest BCUT2D eigenvalue weighted by Gasteiger charge is 2.31. The van der Waals surface area contributed by atoms with Gasteiger partial charge in [-0.3, -0.25) is 9.36 Å². The van der Waals surface area contributed by atoms with Gasteiger partial charge in [0, 0.05) is 18.7 Å². The normalized spacial score (nSPS) is 18.1. The molecule has 0 saturated heterocycles. The molecular formula is C28H36N4O5. The molecule has 198 valence electrons. The number of anilines is 1. The highest BCUT2D eigenvalue weighted by molar-refractivity contribution is 5.71. The number of methoxy groups -OCH3 is 1. The molecule has 9 nitrogen and oxygen atoms in total. The van der Waals surface area contributed by atoms with Crippen molar-refractivity contribution >= 4 is 11.9 Å². The summed E-state index contributed by atoms with van der Waals surface area (Å²) in [5.74, 6) is -1.10. The maximum Gasteiger partial charge on any atom is 0.354 e. The number of rotatable bonds is 10. The Morgan fingerprint density at radius 3 is 2.49 bits per heavy atom. The number of allylic oxidation sites excluding steroid dienone is 1. The molecule has 0 spiro atoms. The quantitative estimate of drug-likeness (QED) is 0.489. The van der Waals surface area contributed by atoms with Gasteiger partial charge >= 0.3 is 17.3 Å². The standard InChI is InChI=1S/C28H36N4O5/c1-8-22-15-23(13-14-28(22,6)37-18(2)3)29-25-30-26(34)32(16-20(5)24(33)36-7)27(35)31(25)17-21-11-9-19(4)10-12-21/h8-13,15,18,20H,1,14,16-17H2,2-7H3,(H,29,30,34)/t20-,28?/m0/s1. The smallest absolute Gasteiger partial charge is 0.354 e. The van der Waals surface area contributed by atoms with Gasteiger partial charge in [0.05, 0.1) is 31.3 Å². The topological polar surface area (TPSA) is 104 Å². The Morgan fingerprint density at radius 1 is 1.22 bits per heavy atom. The SMILES string of the molecule is C=CC1=CC(Nc2nc(=O)n(C[C@H](C)C(=O)OC)c(=O)n2Cc2ccc(C)cc2)=CCC1(C)OC(C)C. The number of aromatic nitrogens is 3. The monoisotopic (exact) mass is 508 g/mol. The molecule has 1 heterocycles. The number of nitrogens with zero attached hydrogens (tertiary/aromatic N) is 3. The molecule has 0 bridgehead atoms. The molecule has 0 saturated carbocycles. The summed E-state index contributed by atoms with van der Waals surface area (Å²) >= 11 is 0. The van der Waals surface area contributed by atoms with Crippen LogP contribution in [0.2, 0.25) is 0 Å². The third-order valence-corrected chi connectivity index (χ3v) is 6.28. The average Bonchev–Trinajstić information content (AvgIpc) is 2.85. The van der Waals surface area contributed by atoms with Crippen molar-refractivity contribution < 1.29 is 14.3 Å². The fourth-order valence-corrected chi connectivity index (χ4v) is 4.28. The molecule has 0 fully saturated rings. The van der Waals surface area contributed by atoms with Crippen LogP contribution >= 0.6 is 0 Å². The van der Waals surface area contributed by atoms with E-state index >= 15 is 0 Å². The van der Waals surface area contributed by atoms with Crippen molar-refractivity contribution in [2.75, 3.05) is 12.4 Å². The van der Waals surface area contributed by atoms with E-state index in [-0.39, 0.29) is 25.1 Å². The lowest BCUT2D eigenvalue weighted by atomic mass is 9.86. The van der Waals surface area contributed by atoms with Gasteiger partial charge in [0.15, 0.2) is 0 Å². The predicted molar refractivity (Wildman–Crippen MR) is 143 cm³/mol. The first-order valence-electron chi connectivity index (χ1n) is 12.3. The first-order valence-corrected chi connectivity index (χ1v) is 12.3. The molecule has 1 N–H and O–H groups in total. The lowest BCUT2D eigenvalue weighted by molar-refractivity contribution is -0.145. The molecule has 2 atom stereocenters. The van der Waals surface area contributed by atoms with Crippen molar-refractivity contribution in [3.8, 4) is 0 Å². The van der Waals surface area contributed by atoms with Crippen molar-refractivity contribution in [2.24, 2.45) is 5.92 Å². The lowest BCUT2D eigenvalue weighted by Crippen LogP contribution is -2.44. The number of benzene rings is 1. The molecular weight excluding hydrogens is 472 g/mol. The van der Waals surface area contributed by atoms with Crippen molar-refractivity contribution in [1.82, 2.24) is 14.1 Å². The minimum absolute atomic E-state index is 0.0255. The number of hydrogen-bond donors (Lipinski definition) is 1. The number of carbonyl (C=O) groups is 1. The van der Waals surface area contributed by atoms with E-state index in [1.165, 1.54) is 11.7 Å². The fourth-order valence-electron chi connectivity index (χ4n) is 4.28. The number of ether oxygens (including phenoxy) is 2. The number of esters is 1. The van der Waals surface area contributed by atoms with Crippen LogP contribution in [0.4, 0.5) is 5.95 Å². The van der Waals surface area contributed by atoms with Crippen LogP contribution in [0.1, 0.15) is 45.2 Å². The highest BCUT2D eigenvalue weighted by atomic mass is 16.5. The minimum atomic E-state index is -0.749. The molecule has 1 aromatic heterocycles. The second kappa shape index (κ2) is 11.6. The summed E-state index contributed by atoms with van der Waals surface area (Å²) in [5.41, 5.74) is 1.64. The predicted octanol–water partition coefficient (Wildman–Crippen LogP) is 3.57. The zero-order valence-corrected chi connectivity index (χ0v) is 22.4. The molecule has 1 aromatic carbocycles. The minimum Gasteiger partial charge on any atom is -0.469 e. The number of aryl methyl sites for hydroxylation is 1. The summed E-state index contributed by atoms with van der Waals surface area (Å²) in [5, 5.41) is 3.16. The summed E-state index contributed by atoms with van der Waals surface area (Å²) in [6.07, 6.45) is 6.17. The van der Waals surface area contributed by atoms with Gasteiger partial charge in [-0.2, -0.15) is 4.98 Å². The van der Waals surface area contributed by atoms with Gasteiger partial charge in [-0.05, 0) is 44.9 Å². The maximum atomic E-state index is 13.5. The molecule has 9 heteroatoms. The van der Waals surface area contributed by atoms with Crippen molar-refractivity contribution in [1.29, 1.82) is 0 Å². The van der Waals surface area contributed by atoms with Crippen molar-refractivity contribution in [2.45, 2.75) is 65.8 Å². The van der Waals surface area contributed by atoms with E-state index in [0.29, 0.717) is 12.1 Å². The van der Waals surface area contributed by atoms with Crippen LogP contribution < -0.4 is 16.7 Å². The first-order chi connectivity index (χ1) is 17.5. The second-order valence-electron chi connectivity index (χ2n) is 9.80. The summed E-state index contributed by atoms with van der Waals surface area (Å²) in [4.78, 5) is 42.6. The summed E-state index contributed by atoms with van der Waals surface area (Å²) < 4.78 is 13.3. The largest absolute Gasteiger partial charge is 0.469 e. The Morgan fingerprint density at radius 2 is 1.89 bits per heavy atom. The average molecular weight is 509 g/mol. The fraction of sp³-hybridized carbons (Fsp3) is 0.429. The molecule has 1 unspecified atom stereocenters. The van der Waals surface area contributed by atoms with Crippen LogP contribution in [0.25, 0.3) is 0 Å². The zero-order valence-electron chi connectivity index (χ0n) is 22.4. The number of nitrogens with one attached hydrogen (secondary N) is 1. The Labute approximate surface area is 217 Å². The lowest BCUT2D eigenvalue weighted by Gasteiger charge is -2.35. The molecule has 0 amide bonds. The Balaban J connectivity index is 2.04.